The average molecular weight is 824 g/mol. The Morgan fingerprint density at radius 3 is 1.40 bits per heavy atom. The molecule has 3 N–H and O–H groups in total. The van der Waals surface area contributed by atoms with Gasteiger partial charge in [-0.3, -0.25) is 18.6 Å². The lowest BCUT2D eigenvalue weighted by Gasteiger charge is -2.15. The topological polar surface area (TPSA) is 131 Å². The largest absolute Gasteiger partial charge is 0.472 e. The molecule has 0 aromatic rings. The number of carbonyl (C=O) groups excluding carboxylic acids is 2. The zero-order valence-corrected chi connectivity index (χ0v) is 37.4. The van der Waals surface area contributed by atoms with Crippen molar-refractivity contribution in [3.8, 4) is 0 Å². The van der Waals surface area contributed by atoms with Gasteiger partial charge in [-0.05, 0) is 77.0 Å². The number of allylic oxidation sites excluding steroid dienone is 8. The van der Waals surface area contributed by atoms with Gasteiger partial charge in [-0.25, -0.2) is 4.57 Å². The third-order valence-corrected chi connectivity index (χ3v) is 10.7. The minimum atomic E-state index is -4.42. The van der Waals surface area contributed by atoms with Crippen molar-refractivity contribution in [3.05, 3.63) is 48.6 Å². The Labute approximate surface area is 349 Å². The summed E-state index contributed by atoms with van der Waals surface area (Å²) in [5.74, 6) is -0.531. The van der Waals surface area contributed by atoms with E-state index in [1.807, 2.05) is 0 Å². The number of hydrogen-bond acceptors (Lipinski definition) is 7. The molecule has 0 rings (SSSR count). The molecule has 0 spiro atoms. The van der Waals surface area contributed by atoms with Crippen molar-refractivity contribution in [2.24, 2.45) is 0 Å². The number of aliphatic hydroxyl groups is 1. The predicted octanol–water partition coefficient (Wildman–Crippen LogP) is 13.1. The molecule has 0 aromatic carbocycles. The van der Waals surface area contributed by atoms with Crippen LogP contribution in [-0.2, 0) is 27.9 Å². The highest BCUT2D eigenvalue weighted by Gasteiger charge is 2.23. The van der Waals surface area contributed by atoms with Gasteiger partial charge in [-0.2, -0.15) is 0 Å². The van der Waals surface area contributed by atoms with E-state index in [9.17, 15) is 24.2 Å². The average Bonchev–Trinajstić information content (AvgIpc) is 3.20. The highest BCUT2D eigenvalue weighted by atomic mass is 31.2. The molecule has 2 atom stereocenters. The van der Waals surface area contributed by atoms with Gasteiger partial charge in [0.25, 0.3) is 0 Å². The number of esters is 1. The standard InChI is InChI=1S/C47H86NO8P/c1-3-5-7-9-11-13-15-17-19-20-21-22-23-24-26-27-29-31-33-35-37-39-46(50)48-41-42-55-57(52,53)56-44-45(49)43-54-47(51)40-38-36-34-32-30-28-25-18-16-14-12-10-8-6-4-2/h11-14,17-19,25,45,49H,3-10,15-16,20-24,26-44H2,1-2H3,(H,48,50)(H,52,53)/b13-11-,14-12-,19-17-,25-18-. The smallest absolute Gasteiger partial charge is 0.463 e. The van der Waals surface area contributed by atoms with Crippen LogP contribution in [0.5, 0.6) is 0 Å². The zero-order valence-electron chi connectivity index (χ0n) is 36.5. The maximum Gasteiger partial charge on any atom is 0.472 e. The van der Waals surface area contributed by atoms with Gasteiger partial charge in [0.15, 0.2) is 0 Å². The number of rotatable bonds is 43. The van der Waals surface area contributed by atoms with Crippen LogP contribution in [0.3, 0.4) is 0 Å². The van der Waals surface area contributed by atoms with Crippen molar-refractivity contribution in [1.29, 1.82) is 0 Å². The third kappa shape index (κ3) is 44.9. The van der Waals surface area contributed by atoms with E-state index in [0.29, 0.717) is 6.42 Å². The Kier molecular flexibility index (Phi) is 42.0. The van der Waals surface area contributed by atoms with Gasteiger partial charge in [0, 0.05) is 19.4 Å². The molecule has 332 valence electrons. The fraction of sp³-hybridized carbons (Fsp3) is 0.787. The zero-order chi connectivity index (χ0) is 41.8. The number of amides is 1. The van der Waals surface area contributed by atoms with E-state index in [-0.39, 0.29) is 32.1 Å². The summed E-state index contributed by atoms with van der Waals surface area (Å²) in [5, 5.41) is 12.7. The maximum absolute atomic E-state index is 12.1. The van der Waals surface area contributed by atoms with Crippen LogP contribution < -0.4 is 5.32 Å². The lowest BCUT2D eigenvalue weighted by atomic mass is 10.0. The molecule has 1 amide bonds. The van der Waals surface area contributed by atoms with Crippen LogP contribution in [0.25, 0.3) is 0 Å². The van der Waals surface area contributed by atoms with Crippen LogP contribution in [0.4, 0.5) is 0 Å². The van der Waals surface area contributed by atoms with Gasteiger partial charge in [0.1, 0.15) is 12.7 Å². The number of nitrogens with one attached hydrogen (secondary N) is 1. The molecule has 57 heavy (non-hydrogen) atoms. The molecule has 0 aliphatic heterocycles. The second-order valence-electron chi connectivity index (χ2n) is 15.4. The number of carbonyl (C=O) groups is 2. The number of hydrogen-bond donors (Lipinski definition) is 3. The fourth-order valence-corrected chi connectivity index (χ4v) is 6.96. The Bertz CT molecular complexity index is 1080. The molecule has 0 heterocycles. The molecule has 9 nitrogen and oxygen atoms in total. The van der Waals surface area contributed by atoms with E-state index in [1.54, 1.807) is 0 Å². The first-order valence-electron chi connectivity index (χ1n) is 23.1. The summed E-state index contributed by atoms with van der Waals surface area (Å²) >= 11 is 0. The molecular formula is C47H86NO8P. The number of phosphoric ester groups is 1. The van der Waals surface area contributed by atoms with Crippen molar-refractivity contribution in [2.45, 2.75) is 213 Å². The van der Waals surface area contributed by atoms with Crippen LogP contribution in [0.1, 0.15) is 206 Å². The first kappa shape index (κ1) is 55.0. The number of aliphatic hydroxyl groups excluding tert-OH is 1. The number of ether oxygens (including phenoxy) is 1. The van der Waals surface area contributed by atoms with Gasteiger partial charge >= 0.3 is 13.8 Å². The van der Waals surface area contributed by atoms with Crippen LogP contribution in [0.2, 0.25) is 0 Å². The van der Waals surface area contributed by atoms with E-state index in [0.717, 1.165) is 70.6 Å². The minimum Gasteiger partial charge on any atom is -0.463 e. The molecule has 10 heteroatoms. The van der Waals surface area contributed by atoms with Gasteiger partial charge in [-0.15, -0.1) is 0 Å². The molecule has 0 aliphatic carbocycles. The predicted molar refractivity (Wildman–Crippen MR) is 238 cm³/mol. The Hall–Kier alpha value is -2.03. The lowest BCUT2D eigenvalue weighted by Crippen LogP contribution is -2.27. The summed E-state index contributed by atoms with van der Waals surface area (Å²) in [6.07, 6.45) is 50.4. The van der Waals surface area contributed by atoms with Gasteiger partial charge in [0.2, 0.25) is 5.91 Å². The van der Waals surface area contributed by atoms with E-state index in [4.69, 9.17) is 13.8 Å². The van der Waals surface area contributed by atoms with Crippen molar-refractivity contribution in [1.82, 2.24) is 5.32 Å². The van der Waals surface area contributed by atoms with Crippen LogP contribution in [0, 0.1) is 0 Å². The fourth-order valence-electron chi connectivity index (χ4n) is 6.21. The molecular weight excluding hydrogens is 737 g/mol. The molecule has 0 saturated heterocycles. The highest BCUT2D eigenvalue weighted by Crippen LogP contribution is 2.42. The molecule has 0 saturated carbocycles. The summed E-state index contributed by atoms with van der Waals surface area (Å²) < 4.78 is 26.9. The molecule has 0 radical (unpaired) electrons. The van der Waals surface area contributed by atoms with Crippen molar-refractivity contribution < 1.29 is 37.9 Å². The molecule has 0 fully saturated rings. The van der Waals surface area contributed by atoms with Crippen molar-refractivity contribution in [3.63, 3.8) is 0 Å². The second-order valence-corrected chi connectivity index (χ2v) is 16.8. The van der Waals surface area contributed by atoms with Crippen molar-refractivity contribution in [2.75, 3.05) is 26.4 Å². The normalized spacial score (nSPS) is 13.7. The summed E-state index contributed by atoms with van der Waals surface area (Å²) in [4.78, 5) is 34.0. The quantitative estimate of drug-likeness (QED) is 0.0240. The summed E-state index contributed by atoms with van der Waals surface area (Å²) in [5.41, 5.74) is 0. The molecule has 0 aromatic heterocycles. The molecule has 0 aliphatic rings. The van der Waals surface area contributed by atoms with Gasteiger partial charge in [-0.1, -0.05) is 165 Å². The summed E-state index contributed by atoms with van der Waals surface area (Å²) in [6, 6.07) is 0. The van der Waals surface area contributed by atoms with E-state index < -0.39 is 26.5 Å². The SMILES string of the molecule is CCCCC/C=C\C/C=C\CCCCCCCCCCCCCC(=O)NCCOP(=O)(O)OCC(O)COC(=O)CCCCCCC/C=C\C/C=C\CCCCC. The Balaban J connectivity index is 3.59. The molecule has 0 bridgehead atoms. The number of phosphoric acid groups is 1. The monoisotopic (exact) mass is 824 g/mol. The molecule has 2 unspecified atom stereocenters. The number of unbranched alkanes of at least 4 members (excludes halogenated alkanes) is 22. The summed E-state index contributed by atoms with van der Waals surface area (Å²) in [7, 11) is -4.42. The second kappa shape index (κ2) is 43.5. The van der Waals surface area contributed by atoms with Crippen LogP contribution in [-0.4, -0.2) is 54.3 Å². The Morgan fingerprint density at radius 2 is 0.947 bits per heavy atom. The first-order valence-corrected chi connectivity index (χ1v) is 24.6. The van der Waals surface area contributed by atoms with Crippen LogP contribution in [0.15, 0.2) is 48.6 Å². The van der Waals surface area contributed by atoms with E-state index in [2.05, 4.69) is 67.8 Å². The van der Waals surface area contributed by atoms with Gasteiger partial charge < -0.3 is 20.1 Å². The maximum atomic E-state index is 12.1. The Morgan fingerprint density at radius 1 is 0.544 bits per heavy atom. The lowest BCUT2D eigenvalue weighted by molar-refractivity contribution is -0.147. The van der Waals surface area contributed by atoms with Crippen LogP contribution >= 0.6 is 7.82 Å². The highest BCUT2D eigenvalue weighted by molar-refractivity contribution is 7.47. The first-order chi connectivity index (χ1) is 27.8. The van der Waals surface area contributed by atoms with Crippen molar-refractivity contribution >= 4 is 19.7 Å². The third-order valence-electron chi connectivity index (χ3n) is 9.73. The minimum absolute atomic E-state index is 0.0780. The summed E-state index contributed by atoms with van der Waals surface area (Å²) in [6.45, 7) is 3.49. The van der Waals surface area contributed by atoms with E-state index in [1.165, 1.54) is 109 Å². The van der Waals surface area contributed by atoms with E-state index >= 15 is 0 Å². The van der Waals surface area contributed by atoms with Gasteiger partial charge in [0.05, 0.1) is 13.2 Å².